The van der Waals surface area contributed by atoms with Gasteiger partial charge in [-0.15, -0.1) is 0 Å². The molecule has 1 aliphatic rings. The number of nitrogens with zero attached hydrogens (tertiary/aromatic N) is 2. The van der Waals surface area contributed by atoms with E-state index in [0.29, 0.717) is 10.8 Å². The molecule has 1 fully saturated rings. The van der Waals surface area contributed by atoms with Crippen molar-refractivity contribution in [2.24, 2.45) is 5.73 Å². The van der Waals surface area contributed by atoms with Crippen LogP contribution in [-0.4, -0.2) is 50.8 Å². The van der Waals surface area contributed by atoms with Crippen molar-refractivity contribution in [3.63, 3.8) is 0 Å². The zero-order chi connectivity index (χ0) is 15.1. The third-order valence-electron chi connectivity index (χ3n) is 3.29. The van der Waals surface area contributed by atoms with E-state index in [1.165, 1.54) is 0 Å². The Morgan fingerprint density at radius 3 is 2.75 bits per heavy atom. The summed E-state index contributed by atoms with van der Waals surface area (Å²) in [6, 6.07) is 0. The summed E-state index contributed by atoms with van der Waals surface area (Å²) in [6.45, 7) is -1.15. The summed E-state index contributed by atoms with van der Waals surface area (Å²) >= 11 is 0. The molecule has 2 rings (SSSR count). The van der Waals surface area contributed by atoms with Crippen molar-refractivity contribution in [1.82, 2.24) is 9.55 Å². The Morgan fingerprint density at radius 1 is 1.60 bits per heavy atom. The van der Waals surface area contributed by atoms with Crippen molar-refractivity contribution in [2.45, 2.75) is 24.1 Å². The molecule has 1 saturated heterocycles. The third kappa shape index (κ3) is 2.06. The molecule has 8 nitrogen and oxygen atoms in total. The van der Waals surface area contributed by atoms with Crippen LogP contribution in [0.2, 0.25) is 0 Å². The molecule has 0 radical (unpaired) electrons. The highest BCUT2D eigenvalue weighted by Crippen LogP contribution is 2.37. The van der Waals surface area contributed by atoms with Crippen molar-refractivity contribution in [3.05, 3.63) is 22.5 Å². The minimum atomic E-state index is -2.09. The minimum absolute atomic E-state index is 0.388. The molecule has 0 spiro atoms. The Kier molecular flexibility index (Phi) is 3.73. The van der Waals surface area contributed by atoms with Crippen LogP contribution in [0.1, 0.15) is 6.23 Å². The molecule has 1 aromatic heterocycles. The maximum absolute atomic E-state index is 14.1. The standard InChI is InChI=1S/C10H14F2N4O4/c11-4-1-16(9(19)15-7(4)14)8-5(12)6(18)10(2-13,3-17)20-8/h1,5-6,8,17-18H,2-3,13H2,(H2,14,15,19)/t5-,6+,8?,10-/m1/s1. The molecule has 4 atom stereocenters. The van der Waals surface area contributed by atoms with Gasteiger partial charge in [0.1, 0.15) is 11.7 Å². The summed E-state index contributed by atoms with van der Waals surface area (Å²) in [5, 5.41) is 19.0. The quantitative estimate of drug-likeness (QED) is 0.500. The molecule has 0 aromatic carbocycles. The highest BCUT2D eigenvalue weighted by Gasteiger charge is 2.55. The van der Waals surface area contributed by atoms with Crippen molar-refractivity contribution >= 4 is 5.82 Å². The van der Waals surface area contributed by atoms with E-state index in [1.54, 1.807) is 0 Å². The van der Waals surface area contributed by atoms with Crippen LogP contribution >= 0.6 is 0 Å². The molecular weight excluding hydrogens is 278 g/mol. The fourth-order valence-corrected chi connectivity index (χ4v) is 2.04. The highest BCUT2D eigenvalue weighted by molar-refractivity contribution is 5.26. The number of rotatable bonds is 3. The van der Waals surface area contributed by atoms with Gasteiger partial charge in [-0.1, -0.05) is 0 Å². The Bertz CT molecular complexity index is 563. The lowest BCUT2D eigenvalue weighted by Crippen LogP contribution is -2.51. The Labute approximate surface area is 111 Å². The molecule has 1 unspecified atom stereocenters. The lowest BCUT2D eigenvalue weighted by Gasteiger charge is -2.27. The summed E-state index contributed by atoms with van der Waals surface area (Å²) in [6.07, 6.45) is -4.89. The zero-order valence-electron chi connectivity index (χ0n) is 10.2. The van der Waals surface area contributed by atoms with E-state index in [0.717, 1.165) is 0 Å². The Balaban J connectivity index is 2.45. The molecule has 112 valence electrons. The average molecular weight is 292 g/mol. The lowest BCUT2D eigenvalue weighted by atomic mass is 9.97. The van der Waals surface area contributed by atoms with Crippen LogP contribution in [0.15, 0.2) is 11.0 Å². The molecule has 0 amide bonds. The number of aliphatic hydroxyl groups excluding tert-OH is 2. The molecule has 10 heteroatoms. The molecule has 0 aliphatic carbocycles. The minimum Gasteiger partial charge on any atom is -0.393 e. The monoisotopic (exact) mass is 292 g/mol. The number of alkyl halides is 1. The number of aromatic nitrogens is 2. The normalized spacial score (nSPS) is 33.5. The van der Waals surface area contributed by atoms with Crippen LogP contribution < -0.4 is 17.2 Å². The van der Waals surface area contributed by atoms with Gasteiger partial charge in [-0.3, -0.25) is 4.57 Å². The maximum Gasteiger partial charge on any atom is 0.351 e. The van der Waals surface area contributed by atoms with Crippen LogP contribution in [0, 0.1) is 5.82 Å². The van der Waals surface area contributed by atoms with Gasteiger partial charge >= 0.3 is 5.69 Å². The van der Waals surface area contributed by atoms with E-state index in [4.69, 9.17) is 16.2 Å². The van der Waals surface area contributed by atoms with Crippen molar-refractivity contribution in [2.75, 3.05) is 18.9 Å². The summed E-state index contributed by atoms with van der Waals surface area (Å²) in [5.41, 5.74) is 7.66. The molecule has 1 aliphatic heterocycles. The molecule has 6 N–H and O–H groups in total. The average Bonchev–Trinajstić information content (AvgIpc) is 2.68. The van der Waals surface area contributed by atoms with Gasteiger partial charge in [0.05, 0.1) is 12.8 Å². The van der Waals surface area contributed by atoms with Crippen LogP contribution in [0.3, 0.4) is 0 Å². The van der Waals surface area contributed by atoms with Gasteiger partial charge in [0.2, 0.25) is 0 Å². The SMILES string of the molecule is NC[C@]1(CO)OC(n2cc(F)c(N)nc2=O)[C@H](F)[C@@H]1O. The van der Waals surface area contributed by atoms with Gasteiger partial charge in [0, 0.05) is 6.54 Å². The number of halogens is 2. The van der Waals surface area contributed by atoms with Crippen LogP contribution in [0.5, 0.6) is 0 Å². The fraction of sp³-hybridized carbons (Fsp3) is 0.600. The van der Waals surface area contributed by atoms with Crippen molar-refractivity contribution in [1.29, 1.82) is 0 Å². The van der Waals surface area contributed by atoms with Crippen molar-refractivity contribution < 1.29 is 23.7 Å². The smallest absolute Gasteiger partial charge is 0.351 e. The highest BCUT2D eigenvalue weighted by atomic mass is 19.1. The summed E-state index contributed by atoms with van der Waals surface area (Å²) < 4.78 is 33.1. The van der Waals surface area contributed by atoms with E-state index in [2.05, 4.69) is 4.98 Å². The summed E-state index contributed by atoms with van der Waals surface area (Å²) in [7, 11) is 0. The fourth-order valence-electron chi connectivity index (χ4n) is 2.04. The first kappa shape index (κ1) is 14.8. The molecule has 0 saturated carbocycles. The first-order valence-corrected chi connectivity index (χ1v) is 5.71. The second-order valence-electron chi connectivity index (χ2n) is 4.49. The number of hydrogen-bond acceptors (Lipinski definition) is 7. The van der Waals surface area contributed by atoms with Crippen LogP contribution in [0.25, 0.3) is 0 Å². The van der Waals surface area contributed by atoms with E-state index < -0.39 is 48.0 Å². The summed E-state index contributed by atoms with van der Waals surface area (Å²) in [5.74, 6) is -1.67. The van der Waals surface area contributed by atoms with Gasteiger partial charge in [0.15, 0.2) is 24.0 Å². The van der Waals surface area contributed by atoms with Crippen molar-refractivity contribution in [3.8, 4) is 0 Å². The van der Waals surface area contributed by atoms with E-state index in [1.807, 2.05) is 0 Å². The van der Waals surface area contributed by atoms with Crippen LogP contribution in [-0.2, 0) is 4.74 Å². The molecule has 20 heavy (non-hydrogen) atoms. The second kappa shape index (κ2) is 5.05. The predicted octanol–water partition coefficient (Wildman–Crippen LogP) is -2.12. The number of ether oxygens (including phenoxy) is 1. The molecule has 1 aromatic rings. The maximum atomic E-state index is 14.1. The van der Waals surface area contributed by atoms with E-state index in [9.17, 15) is 23.8 Å². The van der Waals surface area contributed by atoms with E-state index in [-0.39, 0.29) is 6.54 Å². The summed E-state index contributed by atoms with van der Waals surface area (Å²) in [4.78, 5) is 14.8. The second-order valence-corrected chi connectivity index (χ2v) is 4.49. The Hall–Kier alpha value is -1.62. The largest absolute Gasteiger partial charge is 0.393 e. The number of anilines is 1. The van der Waals surface area contributed by atoms with Crippen LogP contribution in [0.4, 0.5) is 14.6 Å². The molecule has 0 bridgehead atoms. The number of nitrogens with two attached hydrogens (primary N) is 2. The first-order chi connectivity index (χ1) is 9.36. The topological polar surface area (TPSA) is 137 Å². The Morgan fingerprint density at radius 2 is 2.25 bits per heavy atom. The van der Waals surface area contributed by atoms with E-state index >= 15 is 0 Å². The van der Waals surface area contributed by atoms with Gasteiger partial charge in [-0.05, 0) is 0 Å². The van der Waals surface area contributed by atoms with Gasteiger partial charge < -0.3 is 26.4 Å². The number of nitrogen functional groups attached to an aromatic ring is 1. The number of aliphatic hydroxyl groups is 2. The van der Waals surface area contributed by atoms with Gasteiger partial charge in [0.25, 0.3) is 0 Å². The van der Waals surface area contributed by atoms with Gasteiger partial charge in [-0.2, -0.15) is 4.98 Å². The first-order valence-electron chi connectivity index (χ1n) is 5.71. The number of hydrogen-bond donors (Lipinski definition) is 4. The molecule has 2 heterocycles. The van der Waals surface area contributed by atoms with Gasteiger partial charge in [-0.25, -0.2) is 13.6 Å². The zero-order valence-corrected chi connectivity index (χ0v) is 10.2. The predicted molar refractivity (Wildman–Crippen MR) is 62.8 cm³/mol. The molecular formula is C10H14F2N4O4. The lowest BCUT2D eigenvalue weighted by molar-refractivity contribution is -0.122. The third-order valence-corrected chi connectivity index (χ3v) is 3.29.